The predicted molar refractivity (Wildman–Crippen MR) is 71.7 cm³/mol. The van der Waals surface area contributed by atoms with Gasteiger partial charge in [-0.2, -0.15) is 4.98 Å². The Bertz CT molecular complexity index is 518. The Balaban J connectivity index is 2.13. The number of aromatic nitrogens is 2. The molecule has 0 bridgehead atoms. The fourth-order valence-corrected chi connectivity index (χ4v) is 3.83. The maximum absolute atomic E-state index is 11.5. The highest BCUT2D eigenvalue weighted by molar-refractivity contribution is 7.91. The summed E-state index contributed by atoms with van der Waals surface area (Å²) >= 11 is 0. The Hall–Kier alpha value is -1.37. The highest BCUT2D eigenvalue weighted by atomic mass is 32.2. The zero-order valence-electron chi connectivity index (χ0n) is 10.6. The van der Waals surface area contributed by atoms with Gasteiger partial charge in [0.05, 0.1) is 11.5 Å². The van der Waals surface area contributed by atoms with Crippen molar-refractivity contribution in [1.82, 2.24) is 9.97 Å². The van der Waals surface area contributed by atoms with Crippen LogP contribution in [0.5, 0.6) is 0 Å². The molecule has 1 atom stereocenters. The van der Waals surface area contributed by atoms with E-state index in [0.29, 0.717) is 12.4 Å². The Kier molecular flexibility index (Phi) is 3.70. The van der Waals surface area contributed by atoms with Gasteiger partial charge in [-0.15, -0.1) is 0 Å². The van der Waals surface area contributed by atoms with Gasteiger partial charge >= 0.3 is 0 Å². The summed E-state index contributed by atoms with van der Waals surface area (Å²) in [4.78, 5) is 10.4. The maximum atomic E-state index is 11.5. The largest absolute Gasteiger partial charge is 0.355 e. The van der Waals surface area contributed by atoms with Crippen LogP contribution in [0.15, 0.2) is 12.3 Å². The summed E-state index contributed by atoms with van der Waals surface area (Å²) in [6.07, 6.45) is 2.35. The van der Waals surface area contributed by atoms with Crippen molar-refractivity contribution in [2.24, 2.45) is 0 Å². The third-order valence-corrected chi connectivity index (χ3v) is 4.84. The normalized spacial score (nSPS) is 21.8. The molecule has 0 spiro atoms. The fourth-order valence-electron chi connectivity index (χ4n) is 2.06. The Morgan fingerprint density at radius 2 is 2.33 bits per heavy atom. The van der Waals surface area contributed by atoms with Gasteiger partial charge in [-0.1, -0.05) is 0 Å². The summed E-state index contributed by atoms with van der Waals surface area (Å²) in [5, 5.41) is 3.04. The average Bonchev–Trinajstić information content (AvgIpc) is 2.70. The molecule has 2 heterocycles. The van der Waals surface area contributed by atoms with Crippen molar-refractivity contribution in [2.45, 2.75) is 19.4 Å². The first-order valence-electron chi connectivity index (χ1n) is 6.02. The van der Waals surface area contributed by atoms with Crippen molar-refractivity contribution in [3.05, 3.63) is 12.3 Å². The van der Waals surface area contributed by atoms with Crippen LogP contribution in [0.2, 0.25) is 0 Å². The van der Waals surface area contributed by atoms with Crippen LogP contribution in [0.3, 0.4) is 0 Å². The van der Waals surface area contributed by atoms with Crippen LogP contribution < -0.4 is 10.2 Å². The van der Waals surface area contributed by atoms with Crippen LogP contribution in [-0.4, -0.2) is 49.5 Å². The average molecular weight is 270 g/mol. The zero-order valence-corrected chi connectivity index (χ0v) is 11.4. The lowest BCUT2D eigenvalue weighted by atomic mass is 10.2. The number of hydrogen-bond acceptors (Lipinski definition) is 6. The molecule has 0 saturated carbocycles. The van der Waals surface area contributed by atoms with E-state index in [9.17, 15) is 8.42 Å². The lowest BCUT2D eigenvalue weighted by Crippen LogP contribution is -2.33. The fraction of sp³-hybridized carbons (Fsp3) is 0.636. The molecule has 1 unspecified atom stereocenters. The van der Waals surface area contributed by atoms with Crippen molar-refractivity contribution < 1.29 is 8.42 Å². The van der Waals surface area contributed by atoms with Crippen LogP contribution in [0.1, 0.15) is 13.3 Å². The lowest BCUT2D eigenvalue weighted by molar-refractivity contribution is 0.600. The third kappa shape index (κ3) is 2.90. The molecular weight excluding hydrogens is 252 g/mol. The van der Waals surface area contributed by atoms with Crippen molar-refractivity contribution in [3.63, 3.8) is 0 Å². The summed E-state index contributed by atoms with van der Waals surface area (Å²) in [6.45, 7) is 2.73. The topological polar surface area (TPSA) is 75.2 Å². The quantitative estimate of drug-likeness (QED) is 0.860. The number of hydrogen-bond donors (Lipinski definition) is 1. The van der Waals surface area contributed by atoms with E-state index in [2.05, 4.69) is 15.3 Å². The summed E-state index contributed by atoms with van der Waals surface area (Å²) in [7, 11) is -0.991. The molecule has 1 N–H and O–H groups in total. The second-order valence-corrected chi connectivity index (χ2v) is 6.67. The minimum absolute atomic E-state index is 0.0133. The van der Waals surface area contributed by atoms with Crippen molar-refractivity contribution in [3.8, 4) is 0 Å². The molecule has 1 saturated heterocycles. The number of anilines is 2. The van der Waals surface area contributed by atoms with Gasteiger partial charge < -0.3 is 10.2 Å². The van der Waals surface area contributed by atoms with Gasteiger partial charge in [0.25, 0.3) is 0 Å². The molecule has 100 valence electrons. The van der Waals surface area contributed by atoms with Crippen molar-refractivity contribution in [1.29, 1.82) is 0 Å². The first kappa shape index (κ1) is 13.1. The van der Waals surface area contributed by atoms with Gasteiger partial charge in [0, 0.05) is 25.8 Å². The first-order chi connectivity index (χ1) is 8.52. The smallest absolute Gasteiger partial charge is 0.224 e. The minimum Gasteiger partial charge on any atom is -0.355 e. The number of nitrogens with zero attached hydrogens (tertiary/aromatic N) is 3. The first-order valence-corrected chi connectivity index (χ1v) is 7.84. The summed E-state index contributed by atoms with van der Waals surface area (Å²) in [5.74, 6) is 1.81. The highest BCUT2D eigenvalue weighted by Gasteiger charge is 2.31. The standard InChI is InChI=1S/C11H18N4O2S/c1-3-12-11-13-6-4-10(14-11)15(2)9-5-7-18(16,17)8-9/h4,6,9H,3,5,7-8H2,1-2H3,(H,12,13,14). The Morgan fingerprint density at radius 1 is 1.56 bits per heavy atom. The van der Waals surface area contributed by atoms with Gasteiger partial charge in [0.1, 0.15) is 5.82 Å². The molecule has 1 aliphatic heterocycles. The predicted octanol–water partition coefficient (Wildman–Crippen LogP) is 0.532. The highest BCUT2D eigenvalue weighted by Crippen LogP contribution is 2.21. The number of sulfone groups is 1. The van der Waals surface area contributed by atoms with E-state index >= 15 is 0 Å². The molecule has 1 aromatic heterocycles. The molecule has 18 heavy (non-hydrogen) atoms. The second kappa shape index (κ2) is 5.09. The van der Waals surface area contributed by atoms with Crippen LogP contribution >= 0.6 is 0 Å². The molecule has 0 aliphatic carbocycles. The summed E-state index contributed by atoms with van der Waals surface area (Å²) in [5.41, 5.74) is 0. The molecule has 0 radical (unpaired) electrons. The van der Waals surface area contributed by atoms with E-state index in [1.54, 1.807) is 12.3 Å². The second-order valence-electron chi connectivity index (χ2n) is 4.44. The van der Waals surface area contributed by atoms with Gasteiger partial charge in [-0.05, 0) is 19.4 Å². The zero-order chi connectivity index (χ0) is 13.2. The monoisotopic (exact) mass is 270 g/mol. The third-order valence-electron chi connectivity index (χ3n) is 3.09. The van der Waals surface area contributed by atoms with E-state index < -0.39 is 9.84 Å². The molecule has 0 aromatic carbocycles. The van der Waals surface area contributed by atoms with Gasteiger partial charge in [0.15, 0.2) is 9.84 Å². The Morgan fingerprint density at radius 3 is 2.94 bits per heavy atom. The van der Waals surface area contributed by atoms with E-state index in [0.717, 1.165) is 12.4 Å². The van der Waals surface area contributed by atoms with E-state index in [4.69, 9.17) is 0 Å². The van der Waals surface area contributed by atoms with Crippen molar-refractivity contribution in [2.75, 3.05) is 35.3 Å². The van der Waals surface area contributed by atoms with E-state index in [1.807, 2.05) is 18.9 Å². The number of nitrogens with one attached hydrogen (secondary N) is 1. The van der Waals surface area contributed by atoms with Crippen molar-refractivity contribution >= 4 is 21.6 Å². The molecule has 1 fully saturated rings. The number of rotatable bonds is 4. The lowest BCUT2D eigenvalue weighted by Gasteiger charge is -2.24. The van der Waals surface area contributed by atoms with Crippen LogP contribution in [0.25, 0.3) is 0 Å². The molecule has 2 rings (SSSR count). The summed E-state index contributed by atoms with van der Waals surface area (Å²) < 4.78 is 22.9. The van der Waals surface area contributed by atoms with Crippen LogP contribution in [0.4, 0.5) is 11.8 Å². The van der Waals surface area contributed by atoms with Gasteiger partial charge in [-0.3, -0.25) is 0 Å². The van der Waals surface area contributed by atoms with Crippen LogP contribution in [0, 0.1) is 0 Å². The molecule has 6 nitrogen and oxygen atoms in total. The molecule has 1 aromatic rings. The molecular formula is C11H18N4O2S. The maximum Gasteiger partial charge on any atom is 0.224 e. The molecule has 7 heteroatoms. The SMILES string of the molecule is CCNc1nccc(N(C)C2CCS(=O)(=O)C2)n1. The molecule has 0 amide bonds. The van der Waals surface area contributed by atoms with Crippen LogP contribution in [-0.2, 0) is 9.84 Å². The van der Waals surface area contributed by atoms with E-state index in [-0.39, 0.29) is 17.5 Å². The summed E-state index contributed by atoms with van der Waals surface area (Å²) in [6, 6.07) is 1.81. The minimum atomic E-state index is -2.87. The Labute approximate surface area is 107 Å². The molecule has 1 aliphatic rings. The van der Waals surface area contributed by atoms with Gasteiger partial charge in [-0.25, -0.2) is 13.4 Å². The van der Waals surface area contributed by atoms with Gasteiger partial charge in [0.2, 0.25) is 5.95 Å². The van der Waals surface area contributed by atoms with E-state index in [1.165, 1.54) is 0 Å².